The number of rotatable bonds is 9. The Bertz CT molecular complexity index is 867. The maximum absolute atomic E-state index is 12.5. The zero-order chi connectivity index (χ0) is 28.5. The van der Waals surface area contributed by atoms with Crippen LogP contribution in [-0.4, -0.2) is 59.9 Å². The van der Waals surface area contributed by atoms with Gasteiger partial charge in [0.2, 0.25) is 0 Å². The molecule has 0 radical (unpaired) electrons. The summed E-state index contributed by atoms with van der Waals surface area (Å²) in [6.07, 6.45) is 5.76. The monoisotopic (exact) mass is 536 g/mol. The van der Waals surface area contributed by atoms with Crippen molar-refractivity contribution in [1.82, 2.24) is 0 Å². The molecule has 0 bridgehead atoms. The Morgan fingerprint density at radius 2 is 1.50 bits per heavy atom. The molecule has 0 fully saturated rings. The van der Waals surface area contributed by atoms with Crippen molar-refractivity contribution in [3.8, 4) is 11.5 Å². The highest BCUT2D eigenvalue weighted by Crippen LogP contribution is 2.32. The van der Waals surface area contributed by atoms with E-state index in [2.05, 4.69) is 27.7 Å². The van der Waals surface area contributed by atoms with Gasteiger partial charge in [-0.3, -0.25) is 4.79 Å². The second-order valence-electron chi connectivity index (χ2n) is 13.0. The van der Waals surface area contributed by atoms with Crippen molar-refractivity contribution in [1.29, 1.82) is 0 Å². The molecule has 38 heavy (non-hydrogen) atoms. The molecule has 0 saturated carbocycles. The molecule has 1 aliphatic heterocycles. The summed E-state index contributed by atoms with van der Waals surface area (Å²) in [6.45, 7) is 17.8. The van der Waals surface area contributed by atoms with Crippen molar-refractivity contribution in [2.45, 2.75) is 129 Å². The van der Waals surface area contributed by atoms with Crippen molar-refractivity contribution in [3.05, 3.63) is 23.8 Å². The summed E-state index contributed by atoms with van der Waals surface area (Å²) >= 11 is 0. The minimum atomic E-state index is -0.658. The van der Waals surface area contributed by atoms with Gasteiger partial charge in [0.05, 0.1) is 36.6 Å². The number of hydrogen-bond acceptors (Lipinski definition) is 7. The van der Waals surface area contributed by atoms with Crippen LogP contribution >= 0.6 is 0 Å². The molecule has 7 heteroatoms. The molecule has 1 aromatic carbocycles. The summed E-state index contributed by atoms with van der Waals surface area (Å²) in [5.41, 5.74) is -0.913. The van der Waals surface area contributed by atoms with E-state index in [1.165, 1.54) is 0 Å². The van der Waals surface area contributed by atoms with Gasteiger partial charge in [0.1, 0.15) is 12.2 Å². The molecule has 0 spiro atoms. The number of ether oxygens (including phenoxy) is 5. The van der Waals surface area contributed by atoms with E-state index >= 15 is 0 Å². The van der Waals surface area contributed by atoms with Crippen LogP contribution in [0.15, 0.2) is 18.2 Å². The number of esters is 1. The second-order valence-corrected chi connectivity index (χ2v) is 13.0. The Balaban J connectivity index is 1.99. The molecular formula is C31H52O7. The van der Waals surface area contributed by atoms with Gasteiger partial charge in [0.15, 0.2) is 11.5 Å². The van der Waals surface area contributed by atoms with Crippen LogP contribution < -0.4 is 9.47 Å². The Kier molecular flexibility index (Phi) is 11.9. The molecule has 1 N–H and O–H groups in total. The average Bonchev–Trinajstić information content (AvgIpc) is 2.75. The van der Waals surface area contributed by atoms with Crippen LogP contribution in [-0.2, 0) is 25.4 Å². The maximum Gasteiger partial charge on any atom is 0.306 e. The molecule has 218 valence electrons. The quantitative estimate of drug-likeness (QED) is 0.288. The number of hydrogen-bond donors (Lipinski definition) is 1. The first-order chi connectivity index (χ1) is 17.6. The van der Waals surface area contributed by atoms with Crippen molar-refractivity contribution in [3.63, 3.8) is 0 Å². The Morgan fingerprint density at radius 1 is 0.868 bits per heavy atom. The lowest BCUT2D eigenvalue weighted by molar-refractivity contribution is -0.156. The van der Waals surface area contributed by atoms with E-state index in [1.807, 2.05) is 45.9 Å². The zero-order valence-electron chi connectivity index (χ0n) is 25.1. The SMILES string of the molecule is CC(C)(O)CCCCCC(=O)OC(C)(C)Cc1ccc2c(c1)OCCOC(C)(C)CCOC(C)(C)CCO2. The fourth-order valence-corrected chi connectivity index (χ4v) is 4.38. The van der Waals surface area contributed by atoms with E-state index in [-0.39, 0.29) is 17.2 Å². The van der Waals surface area contributed by atoms with Crippen LogP contribution in [0.3, 0.4) is 0 Å². The highest BCUT2D eigenvalue weighted by molar-refractivity contribution is 5.69. The molecule has 1 heterocycles. The van der Waals surface area contributed by atoms with Crippen molar-refractivity contribution < 1.29 is 33.6 Å². The second kappa shape index (κ2) is 14.0. The Hall–Kier alpha value is -1.83. The summed E-state index contributed by atoms with van der Waals surface area (Å²) in [5, 5.41) is 9.82. The van der Waals surface area contributed by atoms with Crippen molar-refractivity contribution in [2.24, 2.45) is 0 Å². The molecule has 0 unspecified atom stereocenters. The molecule has 1 aliphatic rings. The first-order valence-electron chi connectivity index (χ1n) is 14.2. The minimum Gasteiger partial charge on any atom is -0.490 e. The molecule has 0 atom stereocenters. The lowest BCUT2D eigenvalue weighted by atomic mass is 9.97. The van der Waals surface area contributed by atoms with Crippen LogP contribution in [0.1, 0.15) is 106 Å². The van der Waals surface area contributed by atoms with Crippen LogP contribution in [0.2, 0.25) is 0 Å². The number of unbranched alkanes of at least 4 members (excludes halogenated alkanes) is 2. The van der Waals surface area contributed by atoms with E-state index in [9.17, 15) is 9.90 Å². The van der Waals surface area contributed by atoms with Crippen molar-refractivity contribution >= 4 is 5.97 Å². The lowest BCUT2D eigenvalue weighted by Crippen LogP contribution is -2.33. The summed E-state index contributed by atoms with van der Waals surface area (Å²) in [5.74, 6) is 1.15. The number of carbonyl (C=O) groups is 1. The van der Waals surface area contributed by atoms with Gasteiger partial charge in [-0.05, 0) is 92.3 Å². The number of fused-ring (bicyclic) bond motifs is 1. The fourth-order valence-electron chi connectivity index (χ4n) is 4.38. The first-order valence-corrected chi connectivity index (χ1v) is 14.2. The molecule has 0 aromatic heterocycles. The van der Waals surface area contributed by atoms with E-state index in [1.54, 1.807) is 0 Å². The van der Waals surface area contributed by atoms with Gasteiger partial charge >= 0.3 is 5.97 Å². The molecule has 2 rings (SSSR count). The predicted molar refractivity (Wildman–Crippen MR) is 150 cm³/mol. The summed E-state index contributed by atoms with van der Waals surface area (Å²) in [4.78, 5) is 12.5. The largest absolute Gasteiger partial charge is 0.490 e. The van der Waals surface area contributed by atoms with Crippen LogP contribution in [0.25, 0.3) is 0 Å². The van der Waals surface area contributed by atoms with E-state index in [0.29, 0.717) is 50.8 Å². The third kappa shape index (κ3) is 13.3. The lowest BCUT2D eigenvalue weighted by Gasteiger charge is -2.30. The molecular weight excluding hydrogens is 484 g/mol. The Morgan fingerprint density at radius 3 is 2.18 bits per heavy atom. The first kappa shape index (κ1) is 32.4. The number of aliphatic hydroxyl groups is 1. The molecule has 7 nitrogen and oxygen atoms in total. The van der Waals surface area contributed by atoms with Gasteiger partial charge < -0.3 is 28.8 Å². The number of carbonyl (C=O) groups excluding carboxylic acids is 1. The Labute approximate surface area is 230 Å². The highest BCUT2D eigenvalue weighted by atomic mass is 16.6. The topological polar surface area (TPSA) is 83.5 Å². The van der Waals surface area contributed by atoms with E-state index in [0.717, 1.165) is 44.1 Å². The summed E-state index contributed by atoms with van der Waals surface area (Å²) in [7, 11) is 0. The minimum absolute atomic E-state index is 0.194. The van der Waals surface area contributed by atoms with Gasteiger partial charge in [-0.1, -0.05) is 18.9 Å². The van der Waals surface area contributed by atoms with Gasteiger partial charge in [0, 0.05) is 19.3 Å². The summed E-state index contributed by atoms with van der Waals surface area (Å²) in [6, 6.07) is 5.90. The average molecular weight is 537 g/mol. The van der Waals surface area contributed by atoms with Crippen LogP contribution in [0, 0.1) is 0 Å². The van der Waals surface area contributed by atoms with Gasteiger partial charge in [0.25, 0.3) is 0 Å². The molecule has 1 aromatic rings. The highest BCUT2D eigenvalue weighted by Gasteiger charge is 2.26. The fraction of sp³-hybridized carbons (Fsp3) is 0.774. The van der Waals surface area contributed by atoms with Gasteiger partial charge in [-0.25, -0.2) is 0 Å². The van der Waals surface area contributed by atoms with Gasteiger partial charge in [-0.2, -0.15) is 0 Å². The normalized spacial score (nSPS) is 18.9. The predicted octanol–water partition coefficient (Wildman–Crippen LogP) is 6.41. The third-order valence-corrected chi connectivity index (χ3v) is 6.69. The van der Waals surface area contributed by atoms with Crippen LogP contribution in [0.4, 0.5) is 0 Å². The third-order valence-electron chi connectivity index (χ3n) is 6.69. The maximum atomic E-state index is 12.5. The van der Waals surface area contributed by atoms with Crippen molar-refractivity contribution in [2.75, 3.05) is 26.4 Å². The molecule has 0 aliphatic carbocycles. The zero-order valence-corrected chi connectivity index (χ0v) is 25.1. The van der Waals surface area contributed by atoms with E-state index in [4.69, 9.17) is 23.7 Å². The van der Waals surface area contributed by atoms with Gasteiger partial charge in [-0.15, -0.1) is 0 Å². The van der Waals surface area contributed by atoms with Crippen LogP contribution in [0.5, 0.6) is 11.5 Å². The molecule has 0 saturated heterocycles. The standard InChI is InChI=1S/C31H52O7/c1-28(2,33)15-11-9-10-12-27(32)38-31(7,8)23-24-13-14-25-26(22-24)35-20-21-37-30(5,6)17-19-36-29(3,4)16-18-34-25/h13-14,22,33H,9-12,15-21,23H2,1-8H3. The van der Waals surface area contributed by atoms with E-state index < -0.39 is 11.2 Å². The molecule has 0 amide bonds. The number of benzene rings is 1. The summed E-state index contributed by atoms with van der Waals surface area (Å²) < 4.78 is 30.2. The smallest absolute Gasteiger partial charge is 0.306 e.